The number of para-hydroxylation sites is 1. The minimum Gasteiger partial charge on any atom is -0.497 e. The maximum atomic E-state index is 14.6. The molecule has 3 fully saturated rings. The number of carbonyl (C=O) groups is 4. The van der Waals surface area contributed by atoms with E-state index in [1.807, 2.05) is 10.8 Å². The van der Waals surface area contributed by atoms with Crippen LogP contribution in [0.3, 0.4) is 0 Å². The molecule has 1 saturated heterocycles. The second-order valence-electron chi connectivity index (χ2n) is 15.2. The number of hydrogen-bond donors (Lipinski definition) is 3. The van der Waals surface area contributed by atoms with E-state index in [0.717, 1.165) is 31.1 Å². The molecule has 55 heavy (non-hydrogen) atoms. The molecule has 3 aromatic rings. The highest BCUT2D eigenvalue weighted by atomic mass is 32.2. The summed E-state index contributed by atoms with van der Waals surface area (Å²) < 4.78 is 50.0. The molecule has 15 nitrogen and oxygen atoms in total. The zero-order valence-corrected chi connectivity index (χ0v) is 32.1. The molecule has 294 valence electrons. The summed E-state index contributed by atoms with van der Waals surface area (Å²) in [5, 5.41) is 6.97. The fourth-order valence-corrected chi connectivity index (χ4v) is 7.99. The third kappa shape index (κ3) is 8.96. The van der Waals surface area contributed by atoms with Gasteiger partial charge in [0.2, 0.25) is 17.7 Å². The summed E-state index contributed by atoms with van der Waals surface area (Å²) in [4.78, 5) is 61.4. The molecule has 16 heteroatoms. The van der Waals surface area contributed by atoms with E-state index < -0.39 is 69.2 Å². The lowest BCUT2D eigenvalue weighted by atomic mass is 9.85. The van der Waals surface area contributed by atoms with Crippen LogP contribution in [0.15, 0.2) is 73.4 Å². The number of carbonyl (C=O) groups excluding carboxylic acids is 4. The first kappa shape index (κ1) is 39.3. The summed E-state index contributed by atoms with van der Waals surface area (Å²) in [5.74, 6) is -2.03. The van der Waals surface area contributed by atoms with Gasteiger partial charge in [0, 0.05) is 23.9 Å². The molecule has 1 aliphatic heterocycles. The van der Waals surface area contributed by atoms with Crippen LogP contribution in [0.4, 0.5) is 4.79 Å². The van der Waals surface area contributed by atoms with Crippen molar-refractivity contribution in [1.82, 2.24) is 25.2 Å². The van der Waals surface area contributed by atoms with Crippen molar-refractivity contribution in [2.75, 3.05) is 13.7 Å². The molecular formula is C39H47N5O10S. The fraction of sp³-hybridized carbons (Fsp3) is 0.462. The fourth-order valence-electron chi connectivity index (χ4n) is 7.17. The van der Waals surface area contributed by atoms with E-state index in [4.69, 9.17) is 18.4 Å². The third-order valence-electron chi connectivity index (χ3n) is 10.2. The molecular weight excluding hydrogens is 731 g/mol. The first-order valence-electron chi connectivity index (χ1n) is 18.3. The van der Waals surface area contributed by atoms with Crippen LogP contribution in [0.25, 0.3) is 10.8 Å². The van der Waals surface area contributed by atoms with Gasteiger partial charge in [-0.2, -0.15) is 8.42 Å². The molecule has 1 aromatic heterocycles. The predicted octanol–water partition coefficient (Wildman–Crippen LogP) is 4.18. The minimum absolute atomic E-state index is 0.0128. The van der Waals surface area contributed by atoms with Gasteiger partial charge in [-0.25, -0.2) is 14.5 Å². The molecule has 5 atom stereocenters. The first-order valence-corrected chi connectivity index (χ1v) is 19.7. The Labute approximate surface area is 320 Å². The molecule has 6 rings (SSSR count). The van der Waals surface area contributed by atoms with E-state index in [2.05, 4.69) is 22.2 Å². The average Bonchev–Trinajstić information content (AvgIpc) is 3.40. The Morgan fingerprint density at radius 3 is 2.40 bits per heavy atom. The number of ether oxygens (including phenoxy) is 3. The lowest BCUT2D eigenvalue weighted by Crippen LogP contribution is -2.60. The van der Waals surface area contributed by atoms with Crippen LogP contribution >= 0.6 is 0 Å². The molecule has 2 aromatic carbocycles. The molecule has 2 heterocycles. The Bertz CT molecular complexity index is 2050. The lowest BCUT2D eigenvalue weighted by molar-refractivity contribution is -0.143. The number of amides is 4. The van der Waals surface area contributed by atoms with E-state index in [-0.39, 0.29) is 37.1 Å². The number of nitrogens with zero attached hydrogens (tertiary/aromatic N) is 2. The summed E-state index contributed by atoms with van der Waals surface area (Å²) >= 11 is 0. The van der Waals surface area contributed by atoms with Crippen molar-refractivity contribution < 1.29 is 46.0 Å². The van der Waals surface area contributed by atoms with Crippen molar-refractivity contribution in [2.24, 2.45) is 11.3 Å². The Morgan fingerprint density at radius 1 is 1.02 bits per heavy atom. The minimum atomic E-state index is -4.64. The Morgan fingerprint density at radius 2 is 1.75 bits per heavy atom. The number of alkyl carbamates (subject to hydrolysis) is 1. The first-order chi connectivity index (χ1) is 26.1. The van der Waals surface area contributed by atoms with Crippen LogP contribution in [0.2, 0.25) is 0 Å². The monoisotopic (exact) mass is 777 g/mol. The maximum Gasteiger partial charge on any atom is 0.409 e. The molecule has 0 radical (unpaired) electrons. The Kier molecular flexibility index (Phi) is 11.3. The molecule has 4 amide bonds. The predicted molar refractivity (Wildman–Crippen MR) is 201 cm³/mol. The van der Waals surface area contributed by atoms with Gasteiger partial charge in [0.05, 0.1) is 13.7 Å². The smallest absolute Gasteiger partial charge is 0.409 e. The van der Waals surface area contributed by atoms with Crippen molar-refractivity contribution in [3.8, 4) is 17.4 Å². The van der Waals surface area contributed by atoms with Gasteiger partial charge in [-0.05, 0) is 79.3 Å². The SMILES string of the molecule is C=C[C@@H]1C[C@]1(NC(=O)[C@@H]1C[C@@H](Oc2nccc3cc(OC)ccc23)CN1C(=O)[C@@H](NC(=O)OC1CCCC1)C(C)(C)C)C(=O)NS(=O)(=O)Oc1ccccc1. The standard InChI is InChI=1S/C39H47N5O10S/c1-6-25-22-39(25,36(47)43-55(49,50)54-27-14-8-7-9-15-27)42-33(45)31-21-29(52-34-30-17-16-28(51-5)20-24(30)18-19-40-34)23-44(31)35(46)32(38(2,3)4)41-37(48)53-26-12-10-11-13-26/h6-9,14-20,25-26,29,31-32H,1,10-13,21-23H2,2-5H3,(H,41,48)(H,42,45)(H,43,47)/t25-,29-,31+,32-,39-/m1/s1. The lowest BCUT2D eigenvalue weighted by Gasteiger charge is -2.35. The molecule has 0 bridgehead atoms. The van der Waals surface area contributed by atoms with Crippen LogP contribution in [-0.4, -0.2) is 85.6 Å². The highest BCUT2D eigenvalue weighted by Gasteiger charge is 2.62. The van der Waals surface area contributed by atoms with Crippen molar-refractivity contribution in [3.63, 3.8) is 0 Å². The van der Waals surface area contributed by atoms with Gasteiger partial charge in [0.15, 0.2) is 0 Å². The Balaban J connectivity index is 1.26. The summed E-state index contributed by atoms with van der Waals surface area (Å²) in [7, 11) is -3.08. The number of methoxy groups -OCH3 is 1. The van der Waals surface area contributed by atoms with Crippen LogP contribution < -0.4 is 29.0 Å². The number of aromatic nitrogens is 1. The maximum absolute atomic E-state index is 14.6. The molecule has 3 aliphatic rings. The molecule has 2 aliphatic carbocycles. The van der Waals surface area contributed by atoms with E-state index in [0.29, 0.717) is 11.1 Å². The number of rotatable bonds is 13. The third-order valence-corrected chi connectivity index (χ3v) is 11.1. The van der Waals surface area contributed by atoms with Gasteiger partial charge in [0.1, 0.15) is 41.3 Å². The molecule has 0 spiro atoms. The summed E-state index contributed by atoms with van der Waals surface area (Å²) in [5.41, 5.74) is -2.51. The van der Waals surface area contributed by atoms with E-state index in [1.165, 1.54) is 23.1 Å². The van der Waals surface area contributed by atoms with Crippen molar-refractivity contribution >= 4 is 44.9 Å². The highest BCUT2D eigenvalue weighted by Crippen LogP contribution is 2.45. The van der Waals surface area contributed by atoms with E-state index >= 15 is 0 Å². The molecule has 3 N–H and O–H groups in total. The zero-order chi connectivity index (χ0) is 39.5. The van der Waals surface area contributed by atoms with Gasteiger partial charge in [-0.1, -0.05) is 45.0 Å². The molecule has 2 saturated carbocycles. The highest BCUT2D eigenvalue weighted by molar-refractivity contribution is 7.85. The van der Waals surface area contributed by atoms with Crippen molar-refractivity contribution in [3.05, 3.63) is 73.4 Å². The van der Waals surface area contributed by atoms with Gasteiger partial charge in [-0.3, -0.25) is 14.4 Å². The van der Waals surface area contributed by atoms with Crippen LogP contribution in [0.1, 0.15) is 59.3 Å². The summed E-state index contributed by atoms with van der Waals surface area (Å²) in [6.07, 6.45) is 4.72. The van der Waals surface area contributed by atoms with Crippen LogP contribution in [0.5, 0.6) is 17.4 Å². The normalized spacial score (nSPS) is 23.0. The number of benzene rings is 2. The summed E-state index contributed by atoms with van der Waals surface area (Å²) in [6.45, 7) is 9.05. The number of fused-ring (bicyclic) bond motifs is 1. The number of likely N-dealkylation sites (tertiary alicyclic amines) is 1. The van der Waals surface area contributed by atoms with Crippen LogP contribution in [-0.2, 0) is 29.4 Å². The Hall–Kier alpha value is -5.38. The van der Waals surface area contributed by atoms with Gasteiger partial charge in [0.25, 0.3) is 5.91 Å². The zero-order valence-electron chi connectivity index (χ0n) is 31.3. The van der Waals surface area contributed by atoms with Gasteiger partial charge >= 0.3 is 16.4 Å². The topological polar surface area (TPSA) is 192 Å². The number of pyridine rings is 1. The molecule has 0 unspecified atom stereocenters. The quantitative estimate of drug-likeness (QED) is 0.211. The van der Waals surface area contributed by atoms with E-state index in [1.54, 1.807) is 70.5 Å². The van der Waals surface area contributed by atoms with Crippen molar-refractivity contribution in [2.45, 2.75) is 89.1 Å². The van der Waals surface area contributed by atoms with Gasteiger partial charge < -0.3 is 33.9 Å². The van der Waals surface area contributed by atoms with E-state index in [9.17, 15) is 27.6 Å². The summed E-state index contributed by atoms with van der Waals surface area (Å²) in [6, 6.07) is 12.5. The second kappa shape index (κ2) is 15.8. The second-order valence-corrected chi connectivity index (χ2v) is 16.5. The average molecular weight is 778 g/mol. The van der Waals surface area contributed by atoms with Crippen molar-refractivity contribution in [1.29, 1.82) is 0 Å². The van der Waals surface area contributed by atoms with Crippen LogP contribution in [0, 0.1) is 11.3 Å². The number of nitrogens with one attached hydrogen (secondary N) is 3. The largest absolute Gasteiger partial charge is 0.497 e. The number of hydrogen-bond acceptors (Lipinski definition) is 11. The van der Waals surface area contributed by atoms with Gasteiger partial charge in [-0.15, -0.1) is 6.58 Å².